The number of carboxylic acid groups (broad SMARTS) is 1. The second-order valence-electron chi connectivity index (χ2n) is 2.53. The lowest BCUT2D eigenvalue weighted by molar-refractivity contribution is 0.194. The maximum absolute atomic E-state index is 10.0. The van der Waals surface area contributed by atoms with E-state index in [9.17, 15) is 4.79 Å². The third kappa shape index (κ3) is 3.09. The van der Waals surface area contributed by atoms with Gasteiger partial charge >= 0.3 is 6.09 Å². The van der Waals surface area contributed by atoms with Crippen molar-refractivity contribution < 1.29 is 9.90 Å². The molecule has 0 radical (unpaired) electrons. The van der Waals surface area contributed by atoms with Crippen LogP contribution in [-0.2, 0) is 6.42 Å². The molecular weight excluding hydrogens is 156 g/mol. The molecule has 0 atom stereocenters. The van der Waals surface area contributed by atoms with Crippen molar-refractivity contribution in [1.29, 1.82) is 0 Å². The number of aromatic amines is 1. The highest BCUT2D eigenvalue weighted by molar-refractivity contribution is 5.64. The first-order valence-electron chi connectivity index (χ1n) is 3.88. The fraction of sp³-hybridized carbons (Fsp3) is 0.375. The summed E-state index contributed by atoms with van der Waals surface area (Å²) in [7, 11) is 0. The highest BCUT2D eigenvalue weighted by Crippen LogP contribution is 1.97. The van der Waals surface area contributed by atoms with Crippen LogP contribution in [0, 0.1) is 0 Å². The summed E-state index contributed by atoms with van der Waals surface area (Å²) < 4.78 is 0. The number of aromatic nitrogens is 1. The molecule has 0 aliphatic heterocycles. The lowest BCUT2D eigenvalue weighted by Crippen LogP contribution is -2.22. The van der Waals surface area contributed by atoms with E-state index in [0.717, 1.165) is 18.5 Å². The average Bonchev–Trinajstić information content (AvgIpc) is 2.49. The first-order chi connectivity index (χ1) is 5.79. The van der Waals surface area contributed by atoms with E-state index >= 15 is 0 Å². The Morgan fingerprint density at radius 1 is 1.67 bits per heavy atom. The highest BCUT2D eigenvalue weighted by Gasteiger charge is 1.94. The van der Waals surface area contributed by atoms with E-state index in [-0.39, 0.29) is 0 Å². The molecule has 1 aromatic rings. The Kier molecular flexibility index (Phi) is 3.19. The van der Waals surface area contributed by atoms with Crippen molar-refractivity contribution in [1.82, 2.24) is 10.3 Å². The van der Waals surface area contributed by atoms with Gasteiger partial charge in [0.1, 0.15) is 0 Å². The van der Waals surface area contributed by atoms with Crippen molar-refractivity contribution in [2.45, 2.75) is 12.8 Å². The van der Waals surface area contributed by atoms with Crippen LogP contribution in [0.2, 0.25) is 0 Å². The van der Waals surface area contributed by atoms with Crippen LogP contribution in [0.1, 0.15) is 12.1 Å². The molecule has 0 fully saturated rings. The molecule has 0 saturated heterocycles. The third-order valence-electron chi connectivity index (χ3n) is 1.56. The van der Waals surface area contributed by atoms with Crippen LogP contribution in [0.3, 0.4) is 0 Å². The Labute approximate surface area is 70.6 Å². The lowest BCUT2D eigenvalue weighted by atomic mass is 10.2. The number of aryl methyl sites for hydroxylation is 1. The van der Waals surface area contributed by atoms with Gasteiger partial charge in [0.15, 0.2) is 0 Å². The van der Waals surface area contributed by atoms with Gasteiger partial charge in [-0.15, -0.1) is 0 Å². The molecule has 1 heterocycles. The summed E-state index contributed by atoms with van der Waals surface area (Å²) >= 11 is 0. The summed E-state index contributed by atoms with van der Waals surface area (Å²) in [4.78, 5) is 13.1. The Bertz CT molecular complexity index is 231. The van der Waals surface area contributed by atoms with Gasteiger partial charge in [-0.05, 0) is 25.0 Å². The summed E-state index contributed by atoms with van der Waals surface area (Å²) in [5.41, 5.74) is 1.14. The number of nitrogens with one attached hydrogen (secondary N) is 2. The van der Waals surface area contributed by atoms with E-state index in [1.54, 1.807) is 0 Å². The average molecular weight is 168 g/mol. The molecule has 0 saturated carbocycles. The molecule has 12 heavy (non-hydrogen) atoms. The molecule has 66 valence electrons. The molecule has 1 aromatic heterocycles. The van der Waals surface area contributed by atoms with Crippen molar-refractivity contribution in [2.75, 3.05) is 6.54 Å². The topological polar surface area (TPSA) is 65.1 Å². The van der Waals surface area contributed by atoms with E-state index in [2.05, 4.69) is 10.3 Å². The Balaban J connectivity index is 2.07. The van der Waals surface area contributed by atoms with Gasteiger partial charge in [-0.1, -0.05) is 0 Å². The summed E-state index contributed by atoms with van der Waals surface area (Å²) in [6.45, 7) is 0.508. The van der Waals surface area contributed by atoms with Crippen LogP contribution >= 0.6 is 0 Å². The minimum Gasteiger partial charge on any atom is -0.465 e. The maximum atomic E-state index is 10.0. The van der Waals surface area contributed by atoms with Gasteiger partial charge in [0, 0.05) is 18.4 Å². The van der Waals surface area contributed by atoms with Crippen molar-refractivity contribution in [2.24, 2.45) is 0 Å². The van der Waals surface area contributed by atoms with Crippen LogP contribution in [0.4, 0.5) is 4.79 Å². The van der Waals surface area contributed by atoms with Crippen LogP contribution in [0.5, 0.6) is 0 Å². The second kappa shape index (κ2) is 4.43. The number of amides is 1. The van der Waals surface area contributed by atoms with Gasteiger partial charge < -0.3 is 15.4 Å². The molecule has 4 nitrogen and oxygen atoms in total. The van der Waals surface area contributed by atoms with E-state index in [0.29, 0.717) is 6.54 Å². The third-order valence-corrected chi connectivity index (χ3v) is 1.56. The first-order valence-corrected chi connectivity index (χ1v) is 3.88. The zero-order valence-electron chi connectivity index (χ0n) is 6.71. The second-order valence-corrected chi connectivity index (χ2v) is 2.53. The zero-order chi connectivity index (χ0) is 8.81. The molecule has 0 aliphatic carbocycles. The largest absolute Gasteiger partial charge is 0.465 e. The summed E-state index contributed by atoms with van der Waals surface area (Å²) in [6, 6.07) is 3.92. The minimum absolute atomic E-state index is 0.508. The zero-order valence-corrected chi connectivity index (χ0v) is 6.71. The van der Waals surface area contributed by atoms with E-state index in [4.69, 9.17) is 5.11 Å². The van der Waals surface area contributed by atoms with Gasteiger partial charge in [0.05, 0.1) is 0 Å². The van der Waals surface area contributed by atoms with Crippen LogP contribution in [0.15, 0.2) is 18.3 Å². The Morgan fingerprint density at radius 2 is 2.50 bits per heavy atom. The smallest absolute Gasteiger partial charge is 0.404 e. The van der Waals surface area contributed by atoms with Crippen LogP contribution < -0.4 is 5.32 Å². The molecule has 0 spiro atoms. The summed E-state index contributed by atoms with van der Waals surface area (Å²) in [6.07, 6.45) is 2.61. The van der Waals surface area contributed by atoms with E-state index < -0.39 is 6.09 Å². The van der Waals surface area contributed by atoms with E-state index in [1.807, 2.05) is 18.3 Å². The van der Waals surface area contributed by atoms with Crippen molar-refractivity contribution in [3.8, 4) is 0 Å². The molecule has 0 bridgehead atoms. The molecule has 0 unspecified atom stereocenters. The van der Waals surface area contributed by atoms with Gasteiger partial charge in [-0.25, -0.2) is 4.79 Å². The quantitative estimate of drug-likeness (QED) is 0.592. The fourth-order valence-corrected chi connectivity index (χ4v) is 0.997. The summed E-state index contributed by atoms with van der Waals surface area (Å²) in [5.74, 6) is 0. The van der Waals surface area contributed by atoms with Crippen molar-refractivity contribution in [3.63, 3.8) is 0 Å². The van der Waals surface area contributed by atoms with Crippen LogP contribution in [0.25, 0.3) is 0 Å². The van der Waals surface area contributed by atoms with Gasteiger partial charge in [0.2, 0.25) is 0 Å². The van der Waals surface area contributed by atoms with Gasteiger partial charge in [-0.3, -0.25) is 0 Å². The molecule has 1 amide bonds. The SMILES string of the molecule is O=C(O)NCCCc1ccc[nH]1. The Morgan fingerprint density at radius 3 is 3.08 bits per heavy atom. The molecule has 4 heteroatoms. The number of rotatable bonds is 4. The number of hydrogen-bond acceptors (Lipinski definition) is 1. The molecular formula is C8H12N2O2. The lowest BCUT2D eigenvalue weighted by Gasteiger charge is -1.98. The predicted molar refractivity (Wildman–Crippen MR) is 45.1 cm³/mol. The standard InChI is InChI=1S/C8H12N2O2/c11-8(12)10-6-2-4-7-3-1-5-9-7/h1,3,5,9-10H,2,4,6H2,(H,11,12). The molecule has 1 rings (SSSR count). The number of carbonyl (C=O) groups is 1. The molecule has 0 aromatic carbocycles. The normalized spacial score (nSPS) is 9.67. The van der Waals surface area contributed by atoms with Gasteiger partial charge in [0.25, 0.3) is 0 Å². The number of hydrogen-bond donors (Lipinski definition) is 3. The highest BCUT2D eigenvalue weighted by atomic mass is 16.4. The minimum atomic E-state index is -0.957. The summed E-state index contributed by atoms with van der Waals surface area (Å²) in [5, 5.41) is 10.6. The first kappa shape index (κ1) is 8.64. The maximum Gasteiger partial charge on any atom is 0.404 e. The molecule has 3 N–H and O–H groups in total. The predicted octanol–water partition coefficient (Wildman–Crippen LogP) is 1.21. The Hall–Kier alpha value is -1.45. The number of H-pyrrole nitrogens is 1. The monoisotopic (exact) mass is 168 g/mol. The van der Waals surface area contributed by atoms with Crippen molar-refractivity contribution in [3.05, 3.63) is 24.0 Å². The molecule has 0 aliphatic rings. The van der Waals surface area contributed by atoms with Gasteiger partial charge in [-0.2, -0.15) is 0 Å². The van der Waals surface area contributed by atoms with Crippen molar-refractivity contribution >= 4 is 6.09 Å². The van der Waals surface area contributed by atoms with Crippen LogP contribution in [-0.4, -0.2) is 22.7 Å². The van der Waals surface area contributed by atoms with E-state index in [1.165, 1.54) is 0 Å². The fourth-order valence-electron chi connectivity index (χ4n) is 0.997.